The summed E-state index contributed by atoms with van der Waals surface area (Å²) < 4.78 is 22.2. The van der Waals surface area contributed by atoms with Crippen LogP contribution >= 0.6 is 11.6 Å². The van der Waals surface area contributed by atoms with Crippen molar-refractivity contribution in [2.45, 2.75) is 72.1 Å². The highest BCUT2D eigenvalue weighted by atomic mass is 35.5. The van der Waals surface area contributed by atoms with Crippen molar-refractivity contribution in [1.82, 2.24) is 10.6 Å². The Kier molecular flexibility index (Phi) is 14.1. The average molecular weight is 683 g/mol. The van der Waals surface area contributed by atoms with Crippen molar-refractivity contribution in [1.29, 1.82) is 0 Å². The van der Waals surface area contributed by atoms with Gasteiger partial charge in [-0.05, 0) is 67.7 Å². The standard InChI is InChI=1S/C37H47ClN2O8/c1-23(2)19-32-35(43)47-30(24(3)11-12-25-13-16-27(45-6)17-14-25)9-8-10-33(41)40-29(21-26-15-18-31(46-7)28(38)20-26)34(42)39-22-37(4,5)36(44)48-32/h8,10-18,20,23-24,29-30,32H,9,19,21-22H2,1-7H3,(H,39,42)(H,40,41)/b10-8+,12-11+/t24-,29-,30+,32+/m1/s1. The van der Waals surface area contributed by atoms with Crippen LogP contribution in [-0.2, 0) is 35.1 Å². The van der Waals surface area contributed by atoms with Crippen LogP contribution in [0.3, 0.4) is 0 Å². The fraction of sp³-hybridized carbons (Fsp3) is 0.459. The summed E-state index contributed by atoms with van der Waals surface area (Å²) in [4.78, 5) is 53.5. The average Bonchev–Trinajstić information content (AvgIpc) is 3.04. The normalized spacial score (nSPS) is 22.3. The van der Waals surface area contributed by atoms with E-state index < -0.39 is 47.4 Å². The summed E-state index contributed by atoms with van der Waals surface area (Å²) in [6.07, 6.45) is 5.48. The molecule has 0 saturated heterocycles. The number of carbonyl (C=O) groups excluding carboxylic acids is 4. The van der Waals surface area contributed by atoms with Gasteiger partial charge in [-0.3, -0.25) is 14.4 Å². The molecule has 2 amide bonds. The van der Waals surface area contributed by atoms with Crippen LogP contribution in [0.2, 0.25) is 5.02 Å². The first-order valence-electron chi connectivity index (χ1n) is 16.0. The largest absolute Gasteiger partial charge is 0.497 e. The van der Waals surface area contributed by atoms with Crippen LogP contribution < -0.4 is 20.1 Å². The van der Waals surface area contributed by atoms with Crippen molar-refractivity contribution in [2.24, 2.45) is 17.3 Å². The molecule has 1 heterocycles. The maximum atomic E-state index is 13.5. The molecule has 48 heavy (non-hydrogen) atoms. The number of halogens is 1. The van der Waals surface area contributed by atoms with Crippen molar-refractivity contribution in [3.05, 3.63) is 76.8 Å². The molecule has 0 radical (unpaired) electrons. The summed E-state index contributed by atoms with van der Waals surface area (Å²) in [6, 6.07) is 11.6. The maximum Gasteiger partial charge on any atom is 0.347 e. The SMILES string of the molecule is COc1ccc(/C=C/[C@@H](C)[C@@H]2C/C=C/C(=O)N[C@H](Cc3ccc(OC)c(Cl)c3)C(=O)NCC(C)(C)C(=O)O[C@@H](CC(C)C)C(=O)O2)cc1. The summed E-state index contributed by atoms with van der Waals surface area (Å²) >= 11 is 6.31. The van der Waals surface area contributed by atoms with Gasteiger partial charge >= 0.3 is 11.9 Å². The number of carbonyl (C=O) groups is 4. The lowest BCUT2D eigenvalue weighted by Crippen LogP contribution is -2.51. The van der Waals surface area contributed by atoms with Crippen LogP contribution in [0.5, 0.6) is 11.5 Å². The predicted octanol–water partition coefficient (Wildman–Crippen LogP) is 5.71. The van der Waals surface area contributed by atoms with Gasteiger partial charge in [-0.25, -0.2) is 4.79 Å². The van der Waals surface area contributed by atoms with Gasteiger partial charge in [0.2, 0.25) is 11.8 Å². The molecule has 1 aliphatic rings. The van der Waals surface area contributed by atoms with Gasteiger partial charge in [0, 0.05) is 25.3 Å². The fourth-order valence-electron chi connectivity index (χ4n) is 4.92. The molecular weight excluding hydrogens is 636 g/mol. The van der Waals surface area contributed by atoms with Gasteiger partial charge in [0.1, 0.15) is 23.6 Å². The second-order valence-electron chi connectivity index (χ2n) is 13.0. The Hall–Kier alpha value is -4.31. The van der Waals surface area contributed by atoms with E-state index in [2.05, 4.69) is 10.6 Å². The molecular formula is C37H47ClN2O8. The molecule has 2 aromatic rings. The Morgan fingerprint density at radius 1 is 1.00 bits per heavy atom. The minimum Gasteiger partial charge on any atom is -0.497 e. The number of amides is 2. The highest BCUT2D eigenvalue weighted by Crippen LogP contribution is 2.26. The van der Waals surface area contributed by atoms with E-state index in [0.717, 1.165) is 11.3 Å². The molecule has 0 bridgehead atoms. The zero-order valence-electron chi connectivity index (χ0n) is 28.7. The number of rotatable bonds is 9. The summed E-state index contributed by atoms with van der Waals surface area (Å²) in [5.41, 5.74) is 0.418. The zero-order chi connectivity index (χ0) is 35.4. The highest BCUT2D eigenvalue weighted by molar-refractivity contribution is 6.32. The predicted molar refractivity (Wildman–Crippen MR) is 185 cm³/mol. The van der Waals surface area contributed by atoms with Crippen LogP contribution in [0.15, 0.2) is 60.7 Å². The van der Waals surface area contributed by atoms with Crippen LogP contribution in [0.4, 0.5) is 0 Å². The molecule has 0 saturated carbocycles. The monoisotopic (exact) mass is 682 g/mol. The molecule has 0 aromatic heterocycles. The minimum atomic E-state index is -1.20. The molecule has 0 unspecified atom stereocenters. The van der Waals surface area contributed by atoms with E-state index in [0.29, 0.717) is 16.3 Å². The van der Waals surface area contributed by atoms with Crippen LogP contribution in [0.25, 0.3) is 6.08 Å². The lowest BCUT2D eigenvalue weighted by Gasteiger charge is -2.29. The van der Waals surface area contributed by atoms with E-state index in [1.54, 1.807) is 45.2 Å². The molecule has 4 atom stereocenters. The number of hydrogen-bond acceptors (Lipinski definition) is 8. The number of cyclic esters (lactones) is 2. The first-order chi connectivity index (χ1) is 22.7. The molecule has 1 aliphatic heterocycles. The highest BCUT2D eigenvalue weighted by Gasteiger charge is 2.37. The topological polar surface area (TPSA) is 129 Å². The number of methoxy groups -OCH3 is 2. The Balaban J connectivity index is 1.93. The van der Waals surface area contributed by atoms with Gasteiger partial charge in [-0.15, -0.1) is 0 Å². The molecule has 2 aromatic carbocycles. The fourth-order valence-corrected chi connectivity index (χ4v) is 5.20. The van der Waals surface area contributed by atoms with E-state index in [1.807, 2.05) is 57.2 Å². The Morgan fingerprint density at radius 3 is 2.33 bits per heavy atom. The molecule has 10 nitrogen and oxygen atoms in total. The molecule has 3 rings (SSSR count). The molecule has 11 heteroatoms. The van der Waals surface area contributed by atoms with Gasteiger partial charge in [0.15, 0.2) is 6.10 Å². The number of esters is 2. The summed E-state index contributed by atoms with van der Waals surface area (Å²) in [7, 11) is 3.10. The van der Waals surface area contributed by atoms with E-state index in [-0.39, 0.29) is 37.6 Å². The first-order valence-corrected chi connectivity index (χ1v) is 16.4. The van der Waals surface area contributed by atoms with Gasteiger partial charge in [-0.2, -0.15) is 0 Å². The van der Waals surface area contributed by atoms with Crippen molar-refractivity contribution in [2.75, 3.05) is 20.8 Å². The summed E-state index contributed by atoms with van der Waals surface area (Å²) in [6.45, 7) is 8.86. The third kappa shape index (κ3) is 11.4. The smallest absolute Gasteiger partial charge is 0.347 e. The van der Waals surface area contributed by atoms with E-state index in [9.17, 15) is 19.2 Å². The maximum absolute atomic E-state index is 13.5. The van der Waals surface area contributed by atoms with Crippen molar-refractivity contribution in [3.63, 3.8) is 0 Å². The lowest BCUT2D eigenvalue weighted by atomic mass is 9.93. The van der Waals surface area contributed by atoms with E-state index >= 15 is 0 Å². The molecule has 0 spiro atoms. The molecule has 0 aliphatic carbocycles. The number of ether oxygens (including phenoxy) is 4. The lowest BCUT2D eigenvalue weighted by molar-refractivity contribution is -0.178. The zero-order valence-corrected chi connectivity index (χ0v) is 29.5. The van der Waals surface area contributed by atoms with Crippen LogP contribution in [0, 0.1) is 17.3 Å². The van der Waals surface area contributed by atoms with Gasteiger partial charge in [0.25, 0.3) is 0 Å². The van der Waals surface area contributed by atoms with Gasteiger partial charge in [-0.1, -0.05) is 68.8 Å². The van der Waals surface area contributed by atoms with Crippen molar-refractivity contribution in [3.8, 4) is 11.5 Å². The molecule has 260 valence electrons. The number of hydrogen-bond donors (Lipinski definition) is 2. The first kappa shape index (κ1) is 38.1. The molecule has 0 fully saturated rings. The Bertz CT molecular complexity index is 1480. The van der Waals surface area contributed by atoms with E-state index in [4.69, 9.17) is 30.5 Å². The van der Waals surface area contributed by atoms with Crippen LogP contribution in [0.1, 0.15) is 58.6 Å². The second kappa shape index (κ2) is 17.7. The van der Waals surface area contributed by atoms with Gasteiger partial charge < -0.3 is 29.6 Å². The third-order valence-electron chi connectivity index (χ3n) is 7.94. The third-order valence-corrected chi connectivity index (χ3v) is 8.24. The van der Waals surface area contributed by atoms with Crippen LogP contribution in [-0.4, -0.2) is 62.8 Å². The summed E-state index contributed by atoms with van der Waals surface area (Å²) in [5, 5.41) is 5.90. The summed E-state index contributed by atoms with van der Waals surface area (Å²) in [5.74, 6) is -1.39. The number of nitrogens with one attached hydrogen (secondary N) is 2. The Morgan fingerprint density at radius 2 is 1.71 bits per heavy atom. The second-order valence-corrected chi connectivity index (χ2v) is 13.4. The van der Waals surface area contributed by atoms with E-state index in [1.165, 1.54) is 13.2 Å². The minimum absolute atomic E-state index is 0.0189. The quantitative estimate of drug-likeness (QED) is 0.322. The van der Waals surface area contributed by atoms with Crippen molar-refractivity contribution < 1.29 is 38.1 Å². The van der Waals surface area contributed by atoms with Crippen molar-refractivity contribution >= 4 is 41.4 Å². The van der Waals surface area contributed by atoms with Gasteiger partial charge in [0.05, 0.1) is 24.7 Å². The molecule has 2 N–H and O–H groups in total. The Labute approximate surface area is 288 Å². The number of benzene rings is 2.